The molecule has 1 N–H and O–H groups in total. The molecular formula is C10H22N2O. The number of hydrogen-bond donors (Lipinski definition) is 1. The minimum absolute atomic E-state index is 0.0891. The maximum atomic E-state index is 11.7. The van der Waals surface area contributed by atoms with Gasteiger partial charge >= 0.3 is 0 Å². The van der Waals surface area contributed by atoms with Gasteiger partial charge in [0.2, 0.25) is 5.91 Å². The summed E-state index contributed by atoms with van der Waals surface area (Å²) in [6.07, 6.45) is 0.875. The Morgan fingerprint density at radius 2 is 1.92 bits per heavy atom. The van der Waals surface area contributed by atoms with Crippen LogP contribution in [0.3, 0.4) is 0 Å². The Hall–Kier alpha value is -0.570. The zero-order valence-corrected chi connectivity index (χ0v) is 9.64. The van der Waals surface area contributed by atoms with Gasteiger partial charge in [-0.05, 0) is 33.4 Å². The van der Waals surface area contributed by atoms with Gasteiger partial charge in [-0.25, -0.2) is 0 Å². The molecule has 0 saturated carbocycles. The molecule has 1 atom stereocenters. The van der Waals surface area contributed by atoms with Gasteiger partial charge in [-0.1, -0.05) is 13.8 Å². The van der Waals surface area contributed by atoms with Crippen molar-refractivity contribution in [2.75, 3.05) is 21.1 Å². The normalized spacial score (nSPS) is 16.0. The fourth-order valence-electron chi connectivity index (χ4n) is 1.54. The molecule has 1 unspecified atom stereocenters. The summed E-state index contributed by atoms with van der Waals surface area (Å²) < 4.78 is 0. The molecule has 78 valence electrons. The second kappa shape index (κ2) is 4.61. The third kappa shape index (κ3) is 2.99. The van der Waals surface area contributed by atoms with Crippen molar-refractivity contribution in [3.8, 4) is 0 Å². The van der Waals surface area contributed by atoms with Crippen LogP contribution in [-0.2, 0) is 4.79 Å². The number of likely N-dealkylation sites (N-methyl/N-ethyl adjacent to an activating group) is 2. The highest BCUT2D eigenvalue weighted by Gasteiger charge is 2.35. The number of carbonyl (C=O) groups is 1. The van der Waals surface area contributed by atoms with Crippen LogP contribution in [0.2, 0.25) is 0 Å². The molecule has 1 amide bonds. The molecule has 0 radical (unpaired) electrons. The number of nitrogens with one attached hydrogen (secondary N) is 1. The van der Waals surface area contributed by atoms with Gasteiger partial charge in [-0.15, -0.1) is 0 Å². The summed E-state index contributed by atoms with van der Waals surface area (Å²) in [4.78, 5) is 13.6. The smallest absolute Gasteiger partial charge is 0.239 e. The maximum Gasteiger partial charge on any atom is 0.239 e. The molecule has 3 heteroatoms. The van der Waals surface area contributed by atoms with E-state index in [2.05, 4.69) is 19.2 Å². The van der Waals surface area contributed by atoms with E-state index in [0.717, 1.165) is 6.42 Å². The van der Waals surface area contributed by atoms with Crippen LogP contribution >= 0.6 is 0 Å². The van der Waals surface area contributed by atoms with Crippen LogP contribution in [0.15, 0.2) is 0 Å². The van der Waals surface area contributed by atoms with Crippen molar-refractivity contribution in [3.63, 3.8) is 0 Å². The van der Waals surface area contributed by atoms with E-state index in [4.69, 9.17) is 0 Å². The summed E-state index contributed by atoms with van der Waals surface area (Å²) in [7, 11) is 5.57. The molecule has 0 fully saturated rings. The minimum Gasteiger partial charge on any atom is -0.358 e. The van der Waals surface area contributed by atoms with E-state index in [0.29, 0.717) is 5.92 Å². The molecule has 0 aliphatic carbocycles. The number of hydrogen-bond acceptors (Lipinski definition) is 2. The van der Waals surface area contributed by atoms with Gasteiger partial charge in [0, 0.05) is 7.05 Å². The van der Waals surface area contributed by atoms with E-state index in [1.807, 2.05) is 25.9 Å². The molecule has 0 rings (SSSR count). The number of carbonyl (C=O) groups excluding carboxylic acids is 1. The Morgan fingerprint density at radius 3 is 2.15 bits per heavy atom. The molecule has 0 bridgehead atoms. The van der Waals surface area contributed by atoms with Crippen molar-refractivity contribution in [2.24, 2.45) is 5.92 Å². The fourth-order valence-corrected chi connectivity index (χ4v) is 1.54. The first kappa shape index (κ1) is 12.4. The molecular weight excluding hydrogens is 164 g/mol. The van der Waals surface area contributed by atoms with Gasteiger partial charge in [0.1, 0.15) is 0 Å². The second-order valence-corrected chi connectivity index (χ2v) is 4.35. The van der Waals surface area contributed by atoms with Crippen LogP contribution in [-0.4, -0.2) is 37.5 Å². The van der Waals surface area contributed by atoms with Crippen molar-refractivity contribution in [2.45, 2.75) is 32.7 Å². The maximum absolute atomic E-state index is 11.7. The van der Waals surface area contributed by atoms with E-state index in [1.165, 1.54) is 0 Å². The largest absolute Gasteiger partial charge is 0.358 e. The average molecular weight is 186 g/mol. The van der Waals surface area contributed by atoms with E-state index in [-0.39, 0.29) is 11.4 Å². The first-order chi connectivity index (χ1) is 5.84. The van der Waals surface area contributed by atoms with Gasteiger partial charge in [-0.3, -0.25) is 9.69 Å². The third-order valence-electron chi connectivity index (χ3n) is 2.51. The Balaban J connectivity index is 4.62. The molecule has 0 aliphatic heterocycles. The predicted octanol–water partition coefficient (Wildman–Crippen LogP) is 1.10. The topological polar surface area (TPSA) is 32.3 Å². The van der Waals surface area contributed by atoms with Gasteiger partial charge in [0.15, 0.2) is 0 Å². The first-order valence-corrected chi connectivity index (χ1v) is 4.74. The lowest BCUT2D eigenvalue weighted by molar-refractivity contribution is -0.131. The standard InChI is InChI=1S/C10H22N2O/c1-8(2)7-10(3,12(5)6)9(13)11-4/h8H,7H2,1-6H3,(H,11,13). The van der Waals surface area contributed by atoms with Crippen LogP contribution in [0.25, 0.3) is 0 Å². The summed E-state index contributed by atoms with van der Waals surface area (Å²) in [6, 6.07) is 0. The lowest BCUT2D eigenvalue weighted by Crippen LogP contribution is -2.53. The summed E-state index contributed by atoms with van der Waals surface area (Å²) >= 11 is 0. The lowest BCUT2D eigenvalue weighted by atomic mass is 9.89. The Morgan fingerprint density at radius 1 is 1.46 bits per heavy atom. The highest BCUT2D eigenvalue weighted by molar-refractivity contribution is 5.85. The molecule has 3 nitrogen and oxygen atoms in total. The predicted molar refractivity (Wildman–Crippen MR) is 55.6 cm³/mol. The molecule has 0 spiro atoms. The number of nitrogens with zero attached hydrogens (tertiary/aromatic N) is 1. The van der Waals surface area contributed by atoms with Crippen LogP contribution in [0.4, 0.5) is 0 Å². The average Bonchev–Trinajstić information content (AvgIpc) is 2.01. The highest BCUT2D eigenvalue weighted by Crippen LogP contribution is 2.21. The third-order valence-corrected chi connectivity index (χ3v) is 2.51. The lowest BCUT2D eigenvalue weighted by Gasteiger charge is -2.35. The Labute approximate surface area is 81.5 Å². The second-order valence-electron chi connectivity index (χ2n) is 4.35. The monoisotopic (exact) mass is 186 g/mol. The number of amides is 1. The summed E-state index contributed by atoms with van der Waals surface area (Å²) in [5.74, 6) is 0.607. The zero-order chi connectivity index (χ0) is 10.6. The molecule has 0 saturated heterocycles. The quantitative estimate of drug-likeness (QED) is 0.713. The van der Waals surface area contributed by atoms with Crippen molar-refractivity contribution < 1.29 is 4.79 Å². The van der Waals surface area contributed by atoms with Crippen LogP contribution in [0.5, 0.6) is 0 Å². The molecule has 0 aliphatic rings. The molecule has 0 aromatic heterocycles. The molecule has 0 aromatic carbocycles. The van der Waals surface area contributed by atoms with Gasteiger partial charge in [0.25, 0.3) is 0 Å². The Bertz CT molecular complexity index is 178. The summed E-state index contributed by atoms with van der Waals surface area (Å²) in [5.41, 5.74) is -0.386. The van der Waals surface area contributed by atoms with E-state index in [1.54, 1.807) is 7.05 Å². The van der Waals surface area contributed by atoms with Crippen molar-refractivity contribution in [1.29, 1.82) is 0 Å². The molecule has 0 aromatic rings. The molecule has 13 heavy (non-hydrogen) atoms. The summed E-state index contributed by atoms with van der Waals surface area (Å²) in [5, 5.41) is 2.71. The highest BCUT2D eigenvalue weighted by atomic mass is 16.2. The zero-order valence-electron chi connectivity index (χ0n) is 9.64. The van der Waals surface area contributed by atoms with Crippen LogP contribution in [0, 0.1) is 5.92 Å². The van der Waals surface area contributed by atoms with Crippen molar-refractivity contribution in [3.05, 3.63) is 0 Å². The molecule has 0 heterocycles. The Kier molecular flexibility index (Phi) is 4.40. The fraction of sp³-hybridized carbons (Fsp3) is 0.900. The van der Waals surface area contributed by atoms with E-state index >= 15 is 0 Å². The van der Waals surface area contributed by atoms with Gasteiger partial charge in [-0.2, -0.15) is 0 Å². The van der Waals surface area contributed by atoms with E-state index in [9.17, 15) is 4.79 Å². The SMILES string of the molecule is CNC(=O)C(C)(CC(C)C)N(C)C. The van der Waals surface area contributed by atoms with Gasteiger partial charge in [0.05, 0.1) is 5.54 Å². The van der Waals surface area contributed by atoms with Crippen molar-refractivity contribution >= 4 is 5.91 Å². The minimum atomic E-state index is -0.386. The summed E-state index contributed by atoms with van der Waals surface area (Å²) in [6.45, 7) is 6.24. The van der Waals surface area contributed by atoms with Crippen LogP contribution < -0.4 is 5.32 Å². The van der Waals surface area contributed by atoms with Gasteiger partial charge < -0.3 is 5.32 Å². The first-order valence-electron chi connectivity index (χ1n) is 4.74. The van der Waals surface area contributed by atoms with E-state index < -0.39 is 0 Å². The van der Waals surface area contributed by atoms with Crippen molar-refractivity contribution in [1.82, 2.24) is 10.2 Å². The van der Waals surface area contributed by atoms with Crippen LogP contribution in [0.1, 0.15) is 27.2 Å². The number of rotatable bonds is 4.